The molecule has 2 amide bonds. The Bertz CT molecular complexity index is 480. The summed E-state index contributed by atoms with van der Waals surface area (Å²) in [5.74, 6) is -1.49. The lowest BCUT2D eigenvalue weighted by Gasteiger charge is -2.16. The second-order valence-corrected chi connectivity index (χ2v) is 3.98. The van der Waals surface area contributed by atoms with Gasteiger partial charge in [0.05, 0.1) is 11.8 Å². The first-order valence-electron chi connectivity index (χ1n) is 5.70. The van der Waals surface area contributed by atoms with Crippen molar-refractivity contribution < 1.29 is 23.9 Å². The number of rotatable bonds is 6. The molecule has 0 bridgehead atoms. The Hall–Kier alpha value is -2.31. The molecule has 104 valence electrons. The fraction of sp³-hybridized carbons (Fsp3) is 0.417. The number of amides is 2. The number of nitrogens with one attached hydrogen (secondary N) is 1. The molecule has 1 rings (SSSR count). The van der Waals surface area contributed by atoms with Crippen molar-refractivity contribution >= 4 is 17.8 Å². The predicted octanol–water partition coefficient (Wildman–Crippen LogP) is 0.115. The summed E-state index contributed by atoms with van der Waals surface area (Å²) in [7, 11) is 3.06. The van der Waals surface area contributed by atoms with Crippen molar-refractivity contribution in [3.63, 3.8) is 0 Å². The summed E-state index contributed by atoms with van der Waals surface area (Å²) in [6.07, 6.45) is 1.11. The normalized spacial score (nSPS) is 10.0. The van der Waals surface area contributed by atoms with Gasteiger partial charge in [0.15, 0.2) is 0 Å². The van der Waals surface area contributed by atoms with Crippen LogP contribution in [0.1, 0.15) is 22.5 Å². The Morgan fingerprint density at radius 2 is 2.11 bits per heavy atom. The molecule has 2 N–H and O–H groups in total. The molecule has 19 heavy (non-hydrogen) atoms. The van der Waals surface area contributed by atoms with Gasteiger partial charge in [-0.25, -0.2) is 0 Å². The molecule has 0 radical (unpaired) electrons. The molecule has 0 spiro atoms. The highest BCUT2D eigenvalue weighted by Gasteiger charge is 2.20. The number of carboxylic acids is 1. The van der Waals surface area contributed by atoms with Crippen molar-refractivity contribution in [3.05, 3.63) is 23.7 Å². The first-order chi connectivity index (χ1) is 8.95. The molecule has 0 aliphatic rings. The van der Waals surface area contributed by atoms with E-state index in [1.807, 2.05) is 0 Å². The largest absolute Gasteiger partial charge is 0.481 e. The predicted molar refractivity (Wildman–Crippen MR) is 65.7 cm³/mol. The number of carbonyl (C=O) groups is 3. The topological polar surface area (TPSA) is 99.9 Å². The first-order valence-corrected chi connectivity index (χ1v) is 5.70. The average Bonchev–Trinajstić information content (AvgIpc) is 2.81. The molecule has 1 aromatic rings. The van der Waals surface area contributed by atoms with Crippen LogP contribution in [0, 0.1) is 0 Å². The number of hydrogen-bond acceptors (Lipinski definition) is 4. The number of carbonyl (C=O) groups excluding carboxylic acids is 2. The van der Waals surface area contributed by atoms with Crippen molar-refractivity contribution in [2.24, 2.45) is 0 Å². The molecule has 0 saturated heterocycles. The van der Waals surface area contributed by atoms with Gasteiger partial charge in [-0.1, -0.05) is 0 Å². The molecule has 0 unspecified atom stereocenters. The van der Waals surface area contributed by atoms with E-state index in [1.165, 1.54) is 24.3 Å². The van der Waals surface area contributed by atoms with Gasteiger partial charge in [0.25, 0.3) is 5.91 Å². The highest BCUT2D eigenvalue weighted by molar-refractivity contribution is 5.96. The van der Waals surface area contributed by atoms with Crippen LogP contribution in [-0.4, -0.2) is 48.4 Å². The van der Waals surface area contributed by atoms with E-state index in [1.54, 1.807) is 7.05 Å². The van der Waals surface area contributed by atoms with Crippen LogP contribution in [0.25, 0.3) is 0 Å². The van der Waals surface area contributed by atoms with Crippen LogP contribution < -0.4 is 5.32 Å². The average molecular weight is 268 g/mol. The van der Waals surface area contributed by atoms with Crippen LogP contribution in [0.4, 0.5) is 0 Å². The summed E-state index contributed by atoms with van der Waals surface area (Å²) in [5, 5.41) is 11.2. The molecule has 1 heterocycles. The van der Waals surface area contributed by atoms with Crippen molar-refractivity contribution in [1.82, 2.24) is 10.2 Å². The zero-order valence-electron chi connectivity index (χ0n) is 10.8. The molecule has 0 saturated carbocycles. The quantitative estimate of drug-likeness (QED) is 0.763. The van der Waals surface area contributed by atoms with E-state index in [4.69, 9.17) is 9.52 Å². The van der Waals surface area contributed by atoms with Gasteiger partial charge in [-0.15, -0.1) is 0 Å². The number of aliphatic carboxylic acids is 1. The maximum atomic E-state index is 12.1. The van der Waals surface area contributed by atoms with Gasteiger partial charge in [-0.05, 0) is 6.07 Å². The maximum absolute atomic E-state index is 12.1. The third-order valence-corrected chi connectivity index (χ3v) is 2.59. The third kappa shape index (κ3) is 4.13. The maximum Gasteiger partial charge on any atom is 0.311 e. The molecule has 0 atom stereocenters. The minimum Gasteiger partial charge on any atom is -0.481 e. The summed E-state index contributed by atoms with van der Waals surface area (Å²) in [4.78, 5) is 35.1. The third-order valence-electron chi connectivity index (χ3n) is 2.59. The van der Waals surface area contributed by atoms with Gasteiger partial charge in [0, 0.05) is 27.1 Å². The zero-order valence-corrected chi connectivity index (χ0v) is 10.8. The Morgan fingerprint density at radius 1 is 1.42 bits per heavy atom. The van der Waals surface area contributed by atoms with Crippen molar-refractivity contribution in [1.29, 1.82) is 0 Å². The number of carboxylic acid groups (broad SMARTS) is 1. The van der Waals surface area contributed by atoms with E-state index in [9.17, 15) is 14.4 Å². The van der Waals surface area contributed by atoms with E-state index < -0.39 is 5.97 Å². The molecule has 0 aliphatic heterocycles. The summed E-state index contributed by atoms with van der Waals surface area (Å²) >= 11 is 0. The summed E-state index contributed by atoms with van der Waals surface area (Å²) < 4.78 is 4.99. The van der Waals surface area contributed by atoms with Gasteiger partial charge in [0.2, 0.25) is 5.91 Å². The highest BCUT2D eigenvalue weighted by atomic mass is 16.4. The van der Waals surface area contributed by atoms with Crippen LogP contribution in [0.2, 0.25) is 0 Å². The van der Waals surface area contributed by atoms with Crippen LogP contribution >= 0.6 is 0 Å². The van der Waals surface area contributed by atoms with Crippen molar-refractivity contribution in [3.8, 4) is 0 Å². The fourth-order valence-corrected chi connectivity index (χ4v) is 1.51. The van der Waals surface area contributed by atoms with Gasteiger partial charge in [-0.2, -0.15) is 0 Å². The summed E-state index contributed by atoms with van der Waals surface area (Å²) in [6, 6.07) is 1.43. The minimum atomic E-state index is -1.07. The van der Waals surface area contributed by atoms with Gasteiger partial charge < -0.3 is 19.7 Å². The highest BCUT2D eigenvalue weighted by Crippen LogP contribution is 2.13. The molecular weight excluding hydrogens is 252 g/mol. The Kier molecular flexibility index (Phi) is 5.11. The van der Waals surface area contributed by atoms with E-state index in [-0.39, 0.29) is 42.5 Å². The second-order valence-electron chi connectivity index (χ2n) is 3.98. The first kappa shape index (κ1) is 14.7. The summed E-state index contributed by atoms with van der Waals surface area (Å²) in [5.41, 5.74) is 0.210. The molecule has 7 nitrogen and oxygen atoms in total. The van der Waals surface area contributed by atoms with Gasteiger partial charge in [0.1, 0.15) is 12.2 Å². The number of nitrogens with zero attached hydrogens (tertiary/aromatic N) is 1. The SMILES string of the molecule is CNC(=O)CCN(C)C(=O)c1ccoc1CC(=O)O. The fourth-order valence-electron chi connectivity index (χ4n) is 1.51. The lowest BCUT2D eigenvalue weighted by atomic mass is 10.2. The molecule has 0 aromatic carbocycles. The lowest BCUT2D eigenvalue weighted by Crippen LogP contribution is -2.31. The number of furan rings is 1. The molecule has 1 aromatic heterocycles. The smallest absolute Gasteiger partial charge is 0.311 e. The lowest BCUT2D eigenvalue weighted by molar-refractivity contribution is -0.136. The van der Waals surface area contributed by atoms with Crippen LogP contribution in [-0.2, 0) is 16.0 Å². The van der Waals surface area contributed by atoms with Crippen molar-refractivity contribution in [2.45, 2.75) is 12.8 Å². The van der Waals surface area contributed by atoms with Crippen molar-refractivity contribution in [2.75, 3.05) is 20.6 Å². The molecule has 7 heteroatoms. The van der Waals surface area contributed by atoms with E-state index in [0.717, 1.165) is 0 Å². The summed E-state index contributed by atoms with van der Waals surface area (Å²) in [6.45, 7) is 0.246. The standard InChI is InChI=1S/C12H16N2O5/c1-13-10(15)3-5-14(2)12(18)8-4-6-19-9(8)7-11(16)17/h4,6H,3,5,7H2,1-2H3,(H,13,15)(H,16,17). The van der Waals surface area contributed by atoms with Crippen LogP contribution in [0.5, 0.6) is 0 Å². The van der Waals surface area contributed by atoms with Crippen LogP contribution in [0.3, 0.4) is 0 Å². The minimum absolute atomic E-state index is 0.115. The number of hydrogen-bond donors (Lipinski definition) is 2. The Balaban J connectivity index is 2.69. The van der Waals surface area contributed by atoms with Crippen LogP contribution in [0.15, 0.2) is 16.7 Å². The monoisotopic (exact) mass is 268 g/mol. The molecule has 0 aliphatic carbocycles. The molecule has 0 fully saturated rings. The van der Waals surface area contributed by atoms with E-state index >= 15 is 0 Å². The second kappa shape index (κ2) is 6.58. The van der Waals surface area contributed by atoms with Gasteiger partial charge >= 0.3 is 5.97 Å². The molecular formula is C12H16N2O5. The Labute approximate surface area is 110 Å². The Morgan fingerprint density at radius 3 is 2.68 bits per heavy atom. The van der Waals surface area contributed by atoms with E-state index in [2.05, 4.69) is 5.32 Å². The zero-order chi connectivity index (χ0) is 14.4. The van der Waals surface area contributed by atoms with Gasteiger partial charge in [-0.3, -0.25) is 14.4 Å². The van der Waals surface area contributed by atoms with E-state index in [0.29, 0.717) is 0 Å².